The average Bonchev–Trinajstić information content (AvgIpc) is 3.32. The molecule has 2 aliphatic carbocycles. The van der Waals surface area contributed by atoms with E-state index in [2.05, 4.69) is 15.7 Å². The highest BCUT2D eigenvalue weighted by molar-refractivity contribution is 7.93. The number of nitrogens with zero attached hydrogens (tertiary/aromatic N) is 2. The van der Waals surface area contributed by atoms with E-state index in [1.807, 2.05) is 25.1 Å². The van der Waals surface area contributed by atoms with E-state index in [1.165, 1.54) is 33.6 Å². The minimum absolute atomic E-state index is 0.433. The maximum Gasteiger partial charge on any atom is 0.354 e. The fourth-order valence-electron chi connectivity index (χ4n) is 4.18. The first-order valence-electron chi connectivity index (χ1n) is 9.59. The third-order valence-corrected chi connectivity index (χ3v) is 8.30. The molecule has 6 nitrogen and oxygen atoms in total. The molecule has 2 aliphatic rings. The highest BCUT2D eigenvalue weighted by atomic mass is 32.2. The van der Waals surface area contributed by atoms with Crippen LogP contribution in [0.2, 0.25) is 0 Å². The molecule has 0 fully saturated rings. The smallest absolute Gasteiger partial charge is 0.305 e. The van der Waals surface area contributed by atoms with Gasteiger partial charge in [0.05, 0.1) is 0 Å². The second-order valence-corrected chi connectivity index (χ2v) is 11.0. The summed E-state index contributed by atoms with van der Waals surface area (Å²) in [6.45, 7) is 0.731. The first-order valence-corrected chi connectivity index (χ1v) is 12.0. The number of thiophene rings is 1. The Hall–Kier alpha value is -1.74. The molecule has 0 unspecified atom stereocenters. The third kappa shape index (κ3) is 3.87. The Kier molecular flexibility index (Phi) is 5.30. The normalized spacial score (nSPS) is 17.3. The fourth-order valence-corrected chi connectivity index (χ4v) is 6.59. The first-order chi connectivity index (χ1) is 13.3. The minimum atomic E-state index is -3.26. The molecule has 0 spiro atoms. The second-order valence-electron chi connectivity index (χ2n) is 7.78. The number of nitrogens with two attached hydrogens (primary N) is 1. The van der Waals surface area contributed by atoms with Crippen LogP contribution in [0, 0.1) is 0 Å². The molecule has 2 aromatic rings. The lowest BCUT2D eigenvalue weighted by atomic mass is 9.99. The Balaban J connectivity index is 1.61. The van der Waals surface area contributed by atoms with Crippen molar-refractivity contribution >= 4 is 33.0 Å². The van der Waals surface area contributed by atoms with Crippen molar-refractivity contribution in [1.29, 1.82) is 0 Å². The summed E-state index contributed by atoms with van der Waals surface area (Å²) >= 11 is 1.34. The molecule has 3 N–H and O–H groups in total. The molecule has 8 heteroatoms. The molecule has 0 bridgehead atoms. The maximum absolute atomic E-state index is 12.9. The SMILES string of the molecule is CN(C)Cc1ccc([S@@](N)(=O)=NC(=O)Nc2c3c(cc4c2CCC4)CCC3)s1. The lowest BCUT2D eigenvalue weighted by Crippen LogP contribution is -2.18. The van der Waals surface area contributed by atoms with Gasteiger partial charge in [-0.15, -0.1) is 15.7 Å². The molecule has 28 heavy (non-hydrogen) atoms. The summed E-state index contributed by atoms with van der Waals surface area (Å²) in [5.41, 5.74) is 5.99. The number of carbonyl (C=O) groups excluding carboxylic acids is 1. The molecule has 0 saturated heterocycles. The predicted molar refractivity (Wildman–Crippen MR) is 114 cm³/mol. The minimum Gasteiger partial charge on any atom is -0.305 e. The number of urea groups is 1. The van der Waals surface area contributed by atoms with Crippen LogP contribution in [0.4, 0.5) is 10.5 Å². The Bertz CT molecular complexity index is 1020. The largest absolute Gasteiger partial charge is 0.354 e. The molecule has 1 atom stereocenters. The fraction of sp³-hybridized carbons (Fsp3) is 0.450. The van der Waals surface area contributed by atoms with Gasteiger partial charge in [-0.3, -0.25) is 0 Å². The summed E-state index contributed by atoms with van der Waals surface area (Å²) < 4.78 is 17.2. The van der Waals surface area contributed by atoms with Gasteiger partial charge in [-0.1, -0.05) is 6.07 Å². The highest BCUT2D eigenvalue weighted by Crippen LogP contribution is 2.38. The van der Waals surface area contributed by atoms with Crippen molar-refractivity contribution in [1.82, 2.24) is 4.90 Å². The zero-order valence-electron chi connectivity index (χ0n) is 16.3. The number of benzene rings is 1. The van der Waals surface area contributed by atoms with Crippen LogP contribution >= 0.6 is 11.3 Å². The predicted octanol–water partition coefficient (Wildman–Crippen LogP) is 3.72. The lowest BCUT2D eigenvalue weighted by Gasteiger charge is -2.15. The topological polar surface area (TPSA) is 87.8 Å². The van der Waals surface area contributed by atoms with E-state index < -0.39 is 15.9 Å². The molecular weight excluding hydrogens is 392 g/mol. The van der Waals surface area contributed by atoms with Crippen molar-refractivity contribution in [2.45, 2.75) is 49.3 Å². The number of fused-ring (bicyclic) bond motifs is 2. The van der Waals surface area contributed by atoms with Gasteiger partial charge in [0.15, 0.2) is 9.92 Å². The van der Waals surface area contributed by atoms with Gasteiger partial charge < -0.3 is 10.2 Å². The summed E-state index contributed by atoms with van der Waals surface area (Å²) in [7, 11) is 0.672. The highest BCUT2D eigenvalue weighted by Gasteiger charge is 2.25. The molecule has 150 valence electrons. The van der Waals surface area contributed by atoms with E-state index >= 15 is 0 Å². The number of anilines is 1. The number of amides is 2. The van der Waals surface area contributed by atoms with Crippen LogP contribution < -0.4 is 10.5 Å². The van der Waals surface area contributed by atoms with Gasteiger partial charge in [-0.2, -0.15) is 0 Å². The van der Waals surface area contributed by atoms with E-state index in [0.717, 1.165) is 55.6 Å². The first kappa shape index (κ1) is 19.6. The van der Waals surface area contributed by atoms with Crippen molar-refractivity contribution < 1.29 is 9.00 Å². The number of aryl methyl sites for hydroxylation is 2. The lowest BCUT2D eigenvalue weighted by molar-refractivity contribution is 0.260. The molecule has 1 aromatic carbocycles. The van der Waals surface area contributed by atoms with Crippen molar-refractivity contribution in [2.75, 3.05) is 19.4 Å². The number of hydrogen-bond acceptors (Lipinski definition) is 4. The van der Waals surface area contributed by atoms with Gasteiger partial charge in [0, 0.05) is 17.1 Å². The van der Waals surface area contributed by atoms with Gasteiger partial charge >= 0.3 is 6.03 Å². The monoisotopic (exact) mass is 418 g/mol. The molecule has 0 saturated carbocycles. The van der Waals surface area contributed by atoms with E-state index in [1.54, 1.807) is 6.07 Å². The van der Waals surface area contributed by atoms with Gasteiger partial charge in [0.2, 0.25) is 0 Å². The van der Waals surface area contributed by atoms with Crippen molar-refractivity contribution in [2.24, 2.45) is 9.50 Å². The van der Waals surface area contributed by atoms with Gasteiger partial charge in [-0.05, 0) is 87.0 Å². The summed E-state index contributed by atoms with van der Waals surface area (Å²) in [6.07, 6.45) is 6.26. The Morgan fingerprint density at radius 1 is 1.18 bits per heavy atom. The number of hydrogen-bond donors (Lipinski definition) is 2. The Morgan fingerprint density at radius 2 is 1.82 bits per heavy atom. The van der Waals surface area contributed by atoms with Crippen molar-refractivity contribution in [3.05, 3.63) is 45.3 Å². The number of nitrogens with one attached hydrogen (secondary N) is 1. The molecule has 4 rings (SSSR count). The Labute approximate surface area is 170 Å². The van der Waals surface area contributed by atoms with Crippen LogP contribution in [0.1, 0.15) is 40.0 Å². The quantitative estimate of drug-likeness (QED) is 0.793. The molecule has 0 aliphatic heterocycles. The van der Waals surface area contributed by atoms with Crippen LogP contribution in [0.25, 0.3) is 0 Å². The maximum atomic E-state index is 12.9. The summed E-state index contributed by atoms with van der Waals surface area (Å²) in [5.74, 6) is 0. The number of carbonyl (C=O) groups is 1. The summed E-state index contributed by atoms with van der Waals surface area (Å²) in [4.78, 5) is 15.7. The van der Waals surface area contributed by atoms with E-state index in [9.17, 15) is 9.00 Å². The van der Waals surface area contributed by atoms with Crippen molar-refractivity contribution in [3.8, 4) is 0 Å². The summed E-state index contributed by atoms with van der Waals surface area (Å²) in [6, 6.07) is 5.28. The van der Waals surface area contributed by atoms with Crippen LogP contribution in [0.15, 0.2) is 26.8 Å². The van der Waals surface area contributed by atoms with E-state index in [-0.39, 0.29) is 0 Å². The molecule has 1 heterocycles. The standard InChI is InChI=1S/C20H26N4O2S2/c1-24(2)12-15-9-10-18(27-15)28(21,26)23-20(25)22-19-16-7-3-5-13(16)11-14-6-4-8-17(14)19/h9-11H,3-8,12H2,1-2H3,(H3,21,22,23,25,26)/t28-/m0/s1. The van der Waals surface area contributed by atoms with Gasteiger partial charge in [0.25, 0.3) is 0 Å². The molecular formula is C20H26N4O2S2. The second kappa shape index (κ2) is 7.59. The van der Waals surface area contributed by atoms with Crippen LogP contribution in [-0.2, 0) is 42.1 Å². The Morgan fingerprint density at radius 3 is 2.43 bits per heavy atom. The average molecular weight is 419 g/mol. The van der Waals surface area contributed by atoms with Crippen LogP contribution in [0.3, 0.4) is 0 Å². The molecule has 0 radical (unpaired) electrons. The molecule has 2 amide bonds. The van der Waals surface area contributed by atoms with E-state index in [4.69, 9.17) is 5.14 Å². The van der Waals surface area contributed by atoms with Crippen LogP contribution in [-0.4, -0.2) is 29.2 Å². The third-order valence-electron chi connectivity index (χ3n) is 5.32. The summed E-state index contributed by atoms with van der Waals surface area (Å²) in [5, 5.41) is 8.90. The van der Waals surface area contributed by atoms with E-state index in [0.29, 0.717) is 4.21 Å². The van der Waals surface area contributed by atoms with Gasteiger partial charge in [-0.25, -0.2) is 14.1 Å². The van der Waals surface area contributed by atoms with Crippen molar-refractivity contribution in [3.63, 3.8) is 0 Å². The zero-order chi connectivity index (χ0) is 19.9. The number of rotatable bonds is 4. The van der Waals surface area contributed by atoms with Crippen LogP contribution in [0.5, 0.6) is 0 Å². The zero-order valence-corrected chi connectivity index (χ0v) is 17.9. The molecule has 1 aromatic heterocycles. The van der Waals surface area contributed by atoms with Gasteiger partial charge in [0.1, 0.15) is 4.21 Å².